The predicted octanol–water partition coefficient (Wildman–Crippen LogP) is 5.62. The zero-order valence-corrected chi connectivity index (χ0v) is 19.7. The van der Waals surface area contributed by atoms with Gasteiger partial charge in [0, 0.05) is 19.6 Å². The topological polar surface area (TPSA) is 63.9 Å². The Hall–Kier alpha value is -0.680. The van der Waals surface area contributed by atoms with Gasteiger partial charge in [0.15, 0.2) is 0 Å². The molecule has 30 heavy (non-hydrogen) atoms. The molecule has 0 aliphatic heterocycles. The lowest BCUT2D eigenvalue weighted by atomic mass is 10.0. The third-order valence-corrected chi connectivity index (χ3v) is 5.75. The Morgan fingerprint density at radius 2 is 0.967 bits per heavy atom. The van der Waals surface area contributed by atoms with Gasteiger partial charge in [-0.05, 0) is 38.5 Å². The van der Waals surface area contributed by atoms with E-state index in [-0.39, 0.29) is 18.8 Å². The van der Waals surface area contributed by atoms with E-state index in [9.17, 15) is 15.3 Å². The minimum absolute atomic E-state index is 0.0643. The summed E-state index contributed by atoms with van der Waals surface area (Å²) in [5.74, 6) is 0. The monoisotopic (exact) mass is 425 g/mol. The van der Waals surface area contributed by atoms with Crippen molar-refractivity contribution in [2.75, 3.05) is 26.2 Å². The van der Waals surface area contributed by atoms with E-state index in [0.717, 1.165) is 38.5 Å². The van der Waals surface area contributed by atoms with Crippen molar-refractivity contribution in [1.82, 2.24) is 4.90 Å². The normalized spacial score (nSPS) is 13.5. The Bertz CT molecular complexity index is 343. The summed E-state index contributed by atoms with van der Waals surface area (Å²) in [5.41, 5.74) is 0. The lowest BCUT2D eigenvalue weighted by Crippen LogP contribution is -2.39. The van der Waals surface area contributed by atoms with E-state index in [1.165, 1.54) is 64.2 Å². The molecule has 2 unspecified atom stereocenters. The van der Waals surface area contributed by atoms with Gasteiger partial charge in [-0.3, -0.25) is 4.90 Å². The van der Waals surface area contributed by atoms with Crippen molar-refractivity contribution < 1.29 is 15.3 Å². The minimum Gasteiger partial charge on any atom is -0.395 e. The molecule has 0 aromatic rings. The van der Waals surface area contributed by atoms with E-state index < -0.39 is 0 Å². The number of hydrogen-bond acceptors (Lipinski definition) is 4. The first-order valence-corrected chi connectivity index (χ1v) is 12.5. The van der Waals surface area contributed by atoms with Gasteiger partial charge < -0.3 is 15.3 Å². The summed E-state index contributed by atoms with van der Waals surface area (Å²) in [6.07, 6.45) is 21.5. The Morgan fingerprint density at radius 1 is 0.600 bits per heavy atom. The third kappa shape index (κ3) is 20.6. The van der Waals surface area contributed by atoms with Crippen molar-refractivity contribution in [2.45, 2.75) is 115 Å². The van der Waals surface area contributed by atoms with Crippen molar-refractivity contribution in [3.8, 4) is 0 Å². The smallest absolute Gasteiger partial charge is 0.0667 e. The van der Waals surface area contributed by atoms with E-state index in [2.05, 4.69) is 13.2 Å². The van der Waals surface area contributed by atoms with Gasteiger partial charge in [0.25, 0.3) is 0 Å². The quantitative estimate of drug-likeness (QED) is 0.139. The maximum Gasteiger partial charge on any atom is 0.0667 e. The summed E-state index contributed by atoms with van der Waals surface area (Å²) >= 11 is 0. The number of nitrogens with zero attached hydrogens (tertiary/aromatic N) is 1. The minimum atomic E-state index is -0.375. The van der Waals surface area contributed by atoms with Gasteiger partial charge in [-0.2, -0.15) is 0 Å². The fourth-order valence-electron chi connectivity index (χ4n) is 3.93. The van der Waals surface area contributed by atoms with E-state index in [1.807, 2.05) is 17.1 Å². The molecule has 0 amide bonds. The first-order chi connectivity index (χ1) is 14.6. The highest BCUT2D eigenvalue weighted by Crippen LogP contribution is 2.13. The number of allylic oxidation sites excluding steroid dienone is 2. The van der Waals surface area contributed by atoms with Crippen LogP contribution in [-0.2, 0) is 0 Å². The number of unbranched alkanes of at least 4 members (excludes halogenated alkanes) is 12. The second-order valence-corrected chi connectivity index (χ2v) is 8.77. The van der Waals surface area contributed by atoms with Gasteiger partial charge in [-0.1, -0.05) is 76.4 Å². The molecular formula is C26H51NO3. The Morgan fingerprint density at radius 3 is 1.33 bits per heavy atom. The summed E-state index contributed by atoms with van der Waals surface area (Å²) in [6, 6.07) is 0. The fraction of sp³-hybridized carbons (Fsp3) is 0.846. The zero-order chi connectivity index (χ0) is 22.3. The van der Waals surface area contributed by atoms with Crippen molar-refractivity contribution in [1.29, 1.82) is 0 Å². The van der Waals surface area contributed by atoms with Gasteiger partial charge in [0.1, 0.15) is 0 Å². The Kier molecular flexibility index (Phi) is 22.5. The molecule has 0 bridgehead atoms. The molecule has 0 aromatic heterocycles. The lowest BCUT2D eigenvalue weighted by molar-refractivity contribution is 0.0519. The molecule has 0 aliphatic rings. The summed E-state index contributed by atoms with van der Waals surface area (Å²) in [7, 11) is 0. The van der Waals surface area contributed by atoms with Crippen molar-refractivity contribution in [3.05, 3.63) is 25.3 Å². The van der Waals surface area contributed by atoms with Crippen LogP contribution >= 0.6 is 0 Å². The second-order valence-electron chi connectivity index (χ2n) is 8.77. The second kappa shape index (κ2) is 23.0. The van der Waals surface area contributed by atoms with Crippen LogP contribution < -0.4 is 0 Å². The summed E-state index contributed by atoms with van der Waals surface area (Å²) in [6.45, 7) is 9.16. The Balaban J connectivity index is 3.79. The number of hydrogen-bond donors (Lipinski definition) is 3. The molecule has 0 rings (SSSR count). The molecule has 0 aromatic carbocycles. The first kappa shape index (κ1) is 29.3. The SMILES string of the molecule is C=CCCCCCCCCC(O)CN(CCO)CC(O)CCCCCCCCC=C. The summed E-state index contributed by atoms with van der Waals surface area (Å²) in [4.78, 5) is 2.01. The molecule has 4 heteroatoms. The molecule has 0 saturated heterocycles. The molecule has 0 radical (unpaired) electrons. The van der Waals surface area contributed by atoms with Crippen LogP contribution in [0.4, 0.5) is 0 Å². The number of aliphatic hydroxyl groups is 3. The van der Waals surface area contributed by atoms with Gasteiger partial charge in [0.2, 0.25) is 0 Å². The average Bonchev–Trinajstić information content (AvgIpc) is 2.72. The van der Waals surface area contributed by atoms with Crippen molar-refractivity contribution in [3.63, 3.8) is 0 Å². The van der Waals surface area contributed by atoms with E-state index >= 15 is 0 Å². The molecule has 0 saturated carbocycles. The lowest BCUT2D eigenvalue weighted by Gasteiger charge is -2.26. The summed E-state index contributed by atoms with van der Waals surface area (Å²) < 4.78 is 0. The molecule has 178 valence electrons. The van der Waals surface area contributed by atoms with Gasteiger partial charge in [-0.25, -0.2) is 0 Å². The van der Waals surface area contributed by atoms with Gasteiger partial charge >= 0.3 is 0 Å². The predicted molar refractivity (Wildman–Crippen MR) is 130 cm³/mol. The Labute approximate surface area is 187 Å². The number of rotatable bonds is 24. The molecule has 0 aliphatic carbocycles. The maximum atomic E-state index is 10.3. The molecule has 0 spiro atoms. The highest BCUT2D eigenvalue weighted by atomic mass is 16.3. The van der Waals surface area contributed by atoms with Crippen LogP contribution in [0.3, 0.4) is 0 Å². The van der Waals surface area contributed by atoms with Crippen molar-refractivity contribution in [2.24, 2.45) is 0 Å². The molecule has 4 nitrogen and oxygen atoms in total. The molecule has 3 N–H and O–H groups in total. The van der Waals surface area contributed by atoms with Crippen molar-refractivity contribution >= 4 is 0 Å². The zero-order valence-electron chi connectivity index (χ0n) is 19.7. The average molecular weight is 426 g/mol. The standard InChI is InChI=1S/C26H51NO3/c1-3-5-7-9-11-13-15-17-19-25(29)23-27(21-22-28)24-26(30)20-18-16-14-12-10-8-6-4-2/h3-4,25-26,28-30H,1-2,5-24H2. The molecular weight excluding hydrogens is 374 g/mol. The highest BCUT2D eigenvalue weighted by molar-refractivity contribution is 4.70. The van der Waals surface area contributed by atoms with Crippen LogP contribution in [-0.4, -0.2) is 58.7 Å². The number of aliphatic hydroxyl groups excluding tert-OH is 3. The van der Waals surface area contributed by atoms with Gasteiger partial charge in [-0.15, -0.1) is 13.2 Å². The summed E-state index contributed by atoms with van der Waals surface area (Å²) in [5, 5.41) is 30.0. The largest absolute Gasteiger partial charge is 0.395 e. The van der Waals surface area contributed by atoms with E-state index in [1.54, 1.807) is 0 Å². The fourth-order valence-corrected chi connectivity index (χ4v) is 3.93. The van der Waals surface area contributed by atoms with E-state index in [0.29, 0.717) is 19.6 Å². The van der Waals surface area contributed by atoms with Crippen LogP contribution in [0, 0.1) is 0 Å². The first-order valence-electron chi connectivity index (χ1n) is 12.5. The van der Waals surface area contributed by atoms with Crippen LogP contribution in [0.5, 0.6) is 0 Å². The van der Waals surface area contributed by atoms with Crippen LogP contribution in [0.15, 0.2) is 25.3 Å². The maximum absolute atomic E-state index is 10.3. The third-order valence-electron chi connectivity index (χ3n) is 5.75. The van der Waals surface area contributed by atoms with Crippen LogP contribution in [0.25, 0.3) is 0 Å². The molecule has 0 fully saturated rings. The van der Waals surface area contributed by atoms with E-state index in [4.69, 9.17) is 0 Å². The van der Waals surface area contributed by atoms with Gasteiger partial charge in [0.05, 0.1) is 18.8 Å². The highest BCUT2D eigenvalue weighted by Gasteiger charge is 2.15. The molecule has 0 heterocycles. The molecule has 2 atom stereocenters. The van der Waals surface area contributed by atoms with Crippen LogP contribution in [0.1, 0.15) is 103 Å². The van der Waals surface area contributed by atoms with Crippen LogP contribution in [0.2, 0.25) is 0 Å².